The molecule has 3 rings (SSSR count). The van der Waals surface area contributed by atoms with Gasteiger partial charge in [-0.25, -0.2) is 0 Å². The van der Waals surface area contributed by atoms with Crippen molar-refractivity contribution >= 4 is 0 Å². The molecule has 0 unspecified atom stereocenters. The summed E-state index contributed by atoms with van der Waals surface area (Å²) in [7, 11) is 2.10. The summed E-state index contributed by atoms with van der Waals surface area (Å²) < 4.78 is 6.17. The van der Waals surface area contributed by atoms with E-state index in [0.717, 1.165) is 37.1 Å². The Labute approximate surface area is 151 Å². The summed E-state index contributed by atoms with van der Waals surface area (Å²) in [5.41, 5.74) is 3.68. The van der Waals surface area contributed by atoms with E-state index < -0.39 is 6.10 Å². The van der Waals surface area contributed by atoms with Crippen LogP contribution in [-0.2, 0) is 6.54 Å². The Hall–Kier alpha value is -1.84. The number of aryl methyl sites for hydroxylation is 2. The molecule has 3 heteroatoms. The van der Waals surface area contributed by atoms with E-state index in [4.69, 9.17) is 4.74 Å². The summed E-state index contributed by atoms with van der Waals surface area (Å²) in [5, 5.41) is 10.9. The number of rotatable bonds is 5. The quantitative estimate of drug-likeness (QED) is 0.890. The van der Waals surface area contributed by atoms with E-state index in [1.165, 1.54) is 11.1 Å². The summed E-state index contributed by atoms with van der Waals surface area (Å²) in [6.07, 6.45) is 2.39. The molecular weight excluding hydrogens is 310 g/mol. The van der Waals surface area contributed by atoms with Crippen LogP contribution in [0, 0.1) is 13.8 Å². The van der Waals surface area contributed by atoms with Crippen molar-refractivity contribution in [3.8, 4) is 5.75 Å². The van der Waals surface area contributed by atoms with E-state index in [-0.39, 0.29) is 12.1 Å². The van der Waals surface area contributed by atoms with E-state index in [0.29, 0.717) is 0 Å². The van der Waals surface area contributed by atoms with Crippen molar-refractivity contribution in [1.82, 2.24) is 4.90 Å². The molecule has 3 nitrogen and oxygen atoms in total. The second-order valence-electron chi connectivity index (χ2n) is 7.31. The Morgan fingerprint density at radius 1 is 1.08 bits per heavy atom. The van der Waals surface area contributed by atoms with Crippen LogP contribution in [0.3, 0.4) is 0 Å². The molecule has 0 amide bonds. The Balaban J connectivity index is 1.66. The minimum absolute atomic E-state index is 0.128. The van der Waals surface area contributed by atoms with E-state index >= 15 is 0 Å². The van der Waals surface area contributed by atoms with Crippen molar-refractivity contribution in [2.45, 2.75) is 57.9 Å². The molecule has 0 aromatic heterocycles. The SMILES string of the molecule is Cc1cccc(CN(C)[C@H]2CCC[C@@H](Oc3ccccc3C)[C@@H]2O)c1. The van der Waals surface area contributed by atoms with E-state index in [9.17, 15) is 5.11 Å². The number of likely N-dealkylation sites (N-methyl/N-ethyl adjacent to an activating group) is 1. The van der Waals surface area contributed by atoms with Crippen molar-refractivity contribution in [3.05, 3.63) is 65.2 Å². The zero-order chi connectivity index (χ0) is 17.8. The molecule has 0 saturated heterocycles. The van der Waals surface area contributed by atoms with Crippen LogP contribution in [0.2, 0.25) is 0 Å². The zero-order valence-electron chi connectivity index (χ0n) is 15.5. The fraction of sp³-hybridized carbons (Fsp3) is 0.455. The smallest absolute Gasteiger partial charge is 0.126 e. The third kappa shape index (κ3) is 4.42. The number of nitrogens with zero attached hydrogens (tertiary/aromatic N) is 1. The topological polar surface area (TPSA) is 32.7 Å². The van der Waals surface area contributed by atoms with E-state index in [1.807, 2.05) is 31.2 Å². The molecule has 1 saturated carbocycles. The lowest BCUT2D eigenvalue weighted by Gasteiger charge is -2.40. The number of ether oxygens (including phenoxy) is 1. The van der Waals surface area contributed by atoms with Gasteiger partial charge >= 0.3 is 0 Å². The lowest BCUT2D eigenvalue weighted by atomic mass is 9.88. The van der Waals surface area contributed by atoms with Gasteiger partial charge in [0.15, 0.2) is 0 Å². The Morgan fingerprint density at radius 3 is 2.64 bits per heavy atom. The highest BCUT2D eigenvalue weighted by molar-refractivity contribution is 5.32. The van der Waals surface area contributed by atoms with Crippen LogP contribution in [0.25, 0.3) is 0 Å². The van der Waals surface area contributed by atoms with Crippen molar-refractivity contribution in [2.75, 3.05) is 7.05 Å². The van der Waals surface area contributed by atoms with Crippen LogP contribution in [0.15, 0.2) is 48.5 Å². The third-order valence-electron chi connectivity index (χ3n) is 5.22. The predicted molar refractivity (Wildman–Crippen MR) is 102 cm³/mol. The molecule has 0 spiro atoms. The van der Waals surface area contributed by atoms with Gasteiger partial charge in [0.2, 0.25) is 0 Å². The molecule has 3 atom stereocenters. The highest BCUT2D eigenvalue weighted by atomic mass is 16.5. The molecule has 0 radical (unpaired) electrons. The van der Waals surface area contributed by atoms with Gasteiger partial charge in [0.1, 0.15) is 18.0 Å². The maximum Gasteiger partial charge on any atom is 0.126 e. The van der Waals surface area contributed by atoms with Crippen molar-refractivity contribution in [2.24, 2.45) is 0 Å². The van der Waals surface area contributed by atoms with Crippen molar-refractivity contribution < 1.29 is 9.84 Å². The third-order valence-corrected chi connectivity index (χ3v) is 5.22. The molecule has 2 aromatic rings. The molecule has 1 aliphatic carbocycles. The molecule has 0 aliphatic heterocycles. The fourth-order valence-corrected chi connectivity index (χ4v) is 3.79. The van der Waals surface area contributed by atoms with Crippen LogP contribution >= 0.6 is 0 Å². The second kappa shape index (κ2) is 8.03. The largest absolute Gasteiger partial charge is 0.487 e. The van der Waals surface area contributed by atoms with Gasteiger partial charge in [-0.3, -0.25) is 4.90 Å². The van der Waals surface area contributed by atoms with E-state index in [2.05, 4.69) is 43.1 Å². The van der Waals surface area contributed by atoms with Crippen LogP contribution in [0.1, 0.15) is 36.0 Å². The molecular formula is C22H29NO2. The number of aliphatic hydroxyl groups excluding tert-OH is 1. The van der Waals surface area contributed by atoms with Crippen LogP contribution in [0.4, 0.5) is 0 Å². The minimum Gasteiger partial charge on any atom is -0.487 e. The first-order valence-corrected chi connectivity index (χ1v) is 9.21. The van der Waals surface area contributed by atoms with Crippen LogP contribution in [0.5, 0.6) is 5.75 Å². The normalized spacial score (nSPS) is 23.6. The number of benzene rings is 2. The van der Waals surface area contributed by atoms with Gasteiger partial charge in [0, 0.05) is 12.6 Å². The standard InChI is InChI=1S/C22H29NO2/c1-16-8-6-10-18(14-16)15-23(3)19-11-7-13-21(22(19)24)25-20-12-5-4-9-17(20)2/h4-6,8-10,12,14,19,21-22,24H,7,11,13,15H2,1-3H3/t19-,21+,22+/m0/s1. The average Bonchev–Trinajstić information content (AvgIpc) is 2.58. The van der Waals surface area contributed by atoms with Crippen LogP contribution < -0.4 is 4.74 Å². The zero-order valence-corrected chi connectivity index (χ0v) is 15.5. The molecule has 25 heavy (non-hydrogen) atoms. The van der Waals surface area contributed by atoms with Crippen molar-refractivity contribution in [1.29, 1.82) is 0 Å². The summed E-state index contributed by atoms with van der Waals surface area (Å²) >= 11 is 0. The first-order valence-electron chi connectivity index (χ1n) is 9.21. The summed E-state index contributed by atoms with van der Waals surface area (Å²) in [6.45, 7) is 5.01. The molecule has 0 heterocycles. The average molecular weight is 339 g/mol. The highest BCUT2D eigenvalue weighted by Crippen LogP contribution is 2.29. The first-order chi connectivity index (χ1) is 12.0. The van der Waals surface area contributed by atoms with Gasteiger partial charge in [-0.1, -0.05) is 48.0 Å². The summed E-state index contributed by atoms with van der Waals surface area (Å²) in [4.78, 5) is 2.27. The molecule has 1 N–H and O–H groups in total. The van der Waals surface area contributed by atoms with Crippen molar-refractivity contribution in [3.63, 3.8) is 0 Å². The fourth-order valence-electron chi connectivity index (χ4n) is 3.79. The first kappa shape index (κ1) is 18.0. The lowest BCUT2D eigenvalue weighted by Crippen LogP contribution is -2.51. The molecule has 0 bridgehead atoms. The molecule has 134 valence electrons. The van der Waals surface area contributed by atoms with Gasteiger partial charge in [0.05, 0.1) is 0 Å². The van der Waals surface area contributed by atoms with Gasteiger partial charge in [-0.05, 0) is 57.4 Å². The second-order valence-corrected chi connectivity index (χ2v) is 7.31. The Kier molecular flexibility index (Phi) is 5.77. The number of para-hydroxylation sites is 1. The maximum atomic E-state index is 10.9. The Morgan fingerprint density at radius 2 is 1.88 bits per heavy atom. The number of hydrogen-bond donors (Lipinski definition) is 1. The van der Waals surface area contributed by atoms with Gasteiger partial charge < -0.3 is 9.84 Å². The Bertz CT molecular complexity index is 700. The molecule has 1 aliphatic rings. The van der Waals surface area contributed by atoms with Gasteiger partial charge in [-0.15, -0.1) is 0 Å². The van der Waals surface area contributed by atoms with Gasteiger partial charge in [-0.2, -0.15) is 0 Å². The van der Waals surface area contributed by atoms with E-state index in [1.54, 1.807) is 0 Å². The number of hydrogen-bond acceptors (Lipinski definition) is 3. The monoisotopic (exact) mass is 339 g/mol. The van der Waals surface area contributed by atoms with Gasteiger partial charge in [0.25, 0.3) is 0 Å². The summed E-state index contributed by atoms with van der Waals surface area (Å²) in [6, 6.07) is 16.7. The lowest BCUT2D eigenvalue weighted by molar-refractivity contribution is -0.0493. The predicted octanol–water partition coefficient (Wildman–Crippen LogP) is 4.10. The molecule has 2 aromatic carbocycles. The highest BCUT2D eigenvalue weighted by Gasteiger charge is 2.35. The number of aliphatic hydroxyl groups is 1. The molecule has 1 fully saturated rings. The van der Waals surface area contributed by atoms with Crippen LogP contribution in [-0.4, -0.2) is 35.3 Å². The maximum absolute atomic E-state index is 10.9. The minimum atomic E-state index is -0.469. The summed E-state index contributed by atoms with van der Waals surface area (Å²) in [5.74, 6) is 0.883.